The molecule has 14 heavy (non-hydrogen) atoms. The molecule has 0 amide bonds. The molecule has 0 aromatic heterocycles. The van der Waals surface area contributed by atoms with E-state index in [1.54, 1.807) is 0 Å². The predicted octanol–water partition coefficient (Wildman–Crippen LogP) is 2.05. The van der Waals surface area contributed by atoms with Gasteiger partial charge in [0, 0.05) is 0 Å². The zero-order valence-corrected chi connectivity index (χ0v) is 9.26. The average molecular weight is 216 g/mol. The van der Waals surface area contributed by atoms with Crippen LogP contribution >= 0.6 is 12.4 Å². The van der Waals surface area contributed by atoms with E-state index in [-0.39, 0.29) is 25.1 Å². The summed E-state index contributed by atoms with van der Waals surface area (Å²) in [5.74, 6) is 0. The predicted molar refractivity (Wildman–Crippen MR) is 61.7 cm³/mol. The molecule has 3 N–H and O–H groups in total. The molecule has 0 unspecified atom stereocenters. The highest BCUT2D eigenvalue weighted by Crippen LogP contribution is 2.11. The van der Waals surface area contributed by atoms with Crippen LogP contribution in [0.15, 0.2) is 24.3 Å². The fraction of sp³-hybridized carbons (Fsp3) is 0.455. The highest BCUT2D eigenvalue weighted by atomic mass is 35.5. The molecule has 1 atom stereocenters. The van der Waals surface area contributed by atoms with Crippen LogP contribution in [0.4, 0.5) is 0 Å². The van der Waals surface area contributed by atoms with E-state index in [4.69, 9.17) is 10.8 Å². The molecule has 80 valence electrons. The number of benzene rings is 1. The number of aliphatic hydroxyl groups excluding tert-OH is 1. The van der Waals surface area contributed by atoms with Gasteiger partial charge >= 0.3 is 0 Å². The first-order valence-corrected chi connectivity index (χ1v) is 4.73. The zero-order chi connectivity index (χ0) is 9.68. The highest BCUT2D eigenvalue weighted by molar-refractivity contribution is 5.85. The maximum Gasteiger partial charge on any atom is 0.0624 e. The molecule has 0 saturated carbocycles. The molecular weight excluding hydrogens is 198 g/mol. The Morgan fingerprint density at radius 3 is 2.29 bits per heavy atom. The topological polar surface area (TPSA) is 46.2 Å². The van der Waals surface area contributed by atoms with Crippen molar-refractivity contribution in [2.24, 2.45) is 5.73 Å². The van der Waals surface area contributed by atoms with Crippen molar-refractivity contribution >= 4 is 12.4 Å². The van der Waals surface area contributed by atoms with E-state index in [1.165, 1.54) is 5.56 Å². The molecule has 0 fully saturated rings. The second-order valence-corrected chi connectivity index (χ2v) is 3.28. The molecule has 0 bridgehead atoms. The summed E-state index contributed by atoms with van der Waals surface area (Å²) in [4.78, 5) is 0. The summed E-state index contributed by atoms with van der Waals surface area (Å²) in [6, 6.07) is 7.90. The Hall–Kier alpha value is -0.570. The minimum absolute atomic E-state index is 0. The standard InChI is InChI=1S/C11H17NO.ClH/c1-2-3-9-4-6-10(7-5-9)11(12)8-13;/h4-7,11,13H,2-3,8,12H2,1H3;1H/t11-;/m0./s1. The quantitative estimate of drug-likeness (QED) is 0.808. The zero-order valence-electron chi connectivity index (χ0n) is 8.44. The number of halogens is 1. The molecular formula is C11H18ClNO. The van der Waals surface area contributed by atoms with Crippen LogP contribution in [-0.4, -0.2) is 11.7 Å². The first-order valence-electron chi connectivity index (χ1n) is 4.73. The lowest BCUT2D eigenvalue weighted by Gasteiger charge is -2.08. The van der Waals surface area contributed by atoms with E-state index in [0.29, 0.717) is 0 Å². The second kappa shape index (κ2) is 6.82. The van der Waals surface area contributed by atoms with Crippen LogP contribution < -0.4 is 5.73 Å². The van der Waals surface area contributed by atoms with E-state index in [0.717, 1.165) is 18.4 Å². The van der Waals surface area contributed by atoms with Crippen LogP contribution in [0.25, 0.3) is 0 Å². The lowest BCUT2D eigenvalue weighted by Crippen LogP contribution is -2.14. The summed E-state index contributed by atoms with van der Waals surface area (Å²) in [7, 11) is 0. The smallest absolute Gasteiger partial charge is 0.0624 e. The molecule has 0 saturated heterocycles. The van der Waals surface area contributed by atoms with Crippen molar-refractivity contribution in [1.82, 2.24) is 0 Å². The van der Waals surface area contributed by atoms with Crippen molar-refractivity contribution in [2.45, 2.75) is 25.8 Å². The Morgan fingerprint density at radius 2 is 1.86 bits per heavy atom. The van der Waals surface area contributed by atoms with Crippen molar-refractivity contribution in [3.05, 3.63) is 35.4 Å². The van der Waals surface area contributed by atoms with Crippen molar-refractivity contribution < 1.29 is 5.11 Å². The maximum atomic E-state index is 8.84. The Balaban J connectivity index is 0.00000169. The maximum absolute atomic E-state index is 8.84. The summed E-state index contributed by atoms with van der Waals surface area (Å²) in [6.45, 7) is 2.17. The van der Waals surface area contributed by atoms with Gasteiger partial charge in [-0.3, -0.25) is 0 Å². The third-order valence-corrected chi connectivity index (χ3v) is 2.14. The third kappa shape index (κ3) is 3.66. The van der Waals surface area contributed by atoms with E-state index >= 15 is 0 Å². The van der Waals surface area contributed by atoms with Crippen LogP contribution in [-0.2, 0) is 6.42 Å². The largest absolute Gasteiger partial charge is 0.394 e. The molecule has 0 aliphatic rings. The molecule has 0 radical (unpaired) electrons. The van der Waals surface area contributed by atoms with E-state index in [1.807, 2.05) is 12.1 Å². The van der Waals surface area contributed by atoms with Gasteiger partial charge in [0.05, 0.1) is 12.6 Å². The van der Waals surface area contributed by atoms with Gasteiger partial charge in [0.1, 0.15) is 0 Å². The number of aliphatic hydroxyl groups is 1. The normalized spacial score (nSPS) is 11.9. The van der Waals surface area contributed by atoms with Gasteiger partial charge in [-0.05, 0) is 17.5 Å². The van der Waals surface area contributed by atoms with E-state index in [2.05, 4.69) is 19.1 Å². The Labute approximate surface area is 91.5 Å². The molecule has 0 heterocycles. The minimum atomic E-state index is -0.240. The Bertz CT molecular complexity index is 248. The number of nitrogens with two attached hydrogens (primary N) is 1. The van der Waals surface area contributed by atoms with Gasteiger partial charge in [-0.2, -0.15) is 0 Å². The first-order chi connectivity index (χ1) is 6.27. The number of rotatable bonds is 4. The van der Waals surface area contributed by atoms with E-state index in [9.17, 15) is 0 Å². The summed E-state index contributed by atoms with van der Waals surface area (Å²) in [6.07, 6.45) is 2.26. The first kappa shape index (κ1) is 13.4. The summed E-state index contributed by atoms with van der Waals surface area (Å²) in [5.41, 5.74) is 8.00. The van der Waals surface area contributed by atoms with Crippen molar-refractivity contribution in [3.8, 4) is 0 Å². The fourth-order valence-corrected chi connectivity index (χ4v) is 1.33. The SMILES string of the molecule is CCCc1ccc([C@@H](N)CO)cc1.Cl. The van der Waals surface area contributed by atoms with Crippen molar-refractivity contribution in [1.29, 1.82) is 0 Å². The van der Waals surface area contributed by atoms with Crippen LogP contribution in [0.3, 0.4) is 0 Å². The van der Waals surface area contributed by atoms with Gasteiger partial charge in [-0.25, -0.2) is 0 Å². The minimum Gasteiger partial charge on any atom is -0.394 e. The molecule has 0 spiro atoms. The monoisotopic (exact) mass is 215 g/mol. The van der Waals surface area contributed by atoms with Crippen LogP contribution in [0.2, 0.25) is 0 Å². The van der Waals surface area contributed by atoms with Gasteiger partial charge in [-0.1, -0.05) is 37.6 Å². The van der Waals surface area contributed by atoms with Crippen LogP contribution in [0.5, 0.6) is 0 Å². The van der Waals surface area contributed by atoms with Gasteiger partial charge in [0.2, 0.25) is 0 Å². The van der Waals surface area contributed by atoms with Crippen molar-refractivity contribution in [3.63, 3.8) is 0 Å². The molecule has 0 aliphatic heterocycles. The van der Waals surface area contributed by atoms with Gasteiger partial charge in [0.15, 0.2) is 0 Å². The fourth-order valence-electron chi connectivity index (χ4n) is 1.33. The van der Waals surface area contributed by atoms with Crippen LogP contribution in [0.1, 0.15) is 30.5 Å². The Kier molecular flexibility index (Phi) is 6.54. The summed E-state index contributed by atoms with van der Waals surface area (Å²) in [5, 5.41) is 8.84. The van der Waals surface area contributed by atoms with Gasteiger partial charge in [0.25, 0.3) is 0 Å². The lowest BCUT2D eigenvalue weighted by atomic mass is 10.0. The van der Waals surface area contributed by atoms with E-state index < -0.39 is 0 Å². The lowest BCUT2D eigenvalue weighted by molar-refractivity contribution is 0.268. The van der Waals surface area contributed by atoms with Gasteiger partial charge in [-0.15, -0.1) is 12.4 Å². The molecule has 3 heteroatoms. The summed E-state index contributed by atoms with van der Waals surface area (Å²) >= 11 is 0. The highest BCUT2D eigenvalue weighted by Gasteiger charge is 2.02. The molecule has 1 rings (SSSR count). The van der Waals surface area contributed by atoms with Crippen LogP contribution in [0, 0.1) is 0 Å². The number of hydrogen-bond acceptors (Lipinski definition) is 2. The number of aryl methyl sites for hydroxylation is 1. The summed E-state index contributed by atoms with van der Waals surface area (Å²) < 4.78 is 0. The average Bonchev–Trinajstić information content (AvgIpc) is 2.18. The molecule has 2 nitrogen and oxygen atoms in total. The Morgan fingerprint density at radius 1 is 1.29 bits per heavy atom. The molecule has 1 aromatic rings. The molecule has 1 aromatic carbocycles. The second-order valence-electron chi connectivity index (χ2n) is 3.28. The van der Waals surface area contributed by atoms with Gasteiger partial charge < -0.3 is 10.8 Å². The number of hydrogen-bond donors (Lipinski definition) is 2. The van der Waals surface area contributed by atoms with Crippen molar-refractivity contribution in [2.75, 3.05) is 6.61 Å². The third-order valence-electron chi connectivity index (χ3n) is 2.14. The molecule has 0 aliphatic carbocycles.